The molecular formula is C21H25N3O2. The van der Waals surface area contributed by atoms with Crippen molar-refractivity contribution in [3.05, 3.63) is 69.6 Å². The molecule has 0 unspecified atom stereocenters. The molecule has 0 radical (unpaired) electrons. The summed E-state index contributed by atoms with van der Waals surface area (Å²) in [5, 5.41) is 2.91. The van der Waals surface area contributed by atoms with E-state index in [1.807, 2.05) is 24.3 Å². The lowest BCUT2D eigenvalue weighted by Gasteiger charge is -2.07. The fourth-order valence-electron chi connectivity index (χ4n) is 3.14. The van der Waals surface area contributed by atoms with E-state index < -0.39 is 0 Å². The summed E-state index contributed by atoms with van der Waals surface area (Å²) in [6.45, 7) is 5.12. The summed E-state index contributed by atoms with van der Waals surface area (Å²) in [5.41, 5.74) is 5.38. The van der Waals surface area contributed by atoms with Gasteiger partial charge in [-0.25, -0.2) is 4.79 Å². The number of rotatable bonds is 7. The molecule has 136 valence electrons. The molecule has 5 nitrogen and oxygen atoms in total. The van der Waals surface area contributed by atoms with Crippen molar-refractivity contribution in [1.29, 1.82) is 0 Å². The standard InChI is InChI=1S/C21H25N3O2/c1-15-10-11-17(14-16(15)2)6-5-9-20(25)22-12-13-24-19-8-4-3-7-18(19)23-21(24)26/h3-4,7-8,10-11,14H,5-6,9,12-13H2,1-2H3,(H,22,25)(H,23,26). The highest BCUT2D eigenvalue weighted by Gasteiger charge is 2.07. The van der Waals surface area contributed by atoms with E-state index >= 15 is 0 Å². The second-order valence-electron chi connectivity index (χ2n) is 6.72. The second-order valence-corrected chi connectivity index (χ2v) is 6.72. The quantitative estimate of drug-likeness (QED) is 0.687. The summed E-state index contributed by atoms with van der Waals surface area (Å²) in [4.78, 5) is 26.8. The predicted molar refractivity (Wildman–Crippen MR) is 104 cm³/mol. The Morgan fingerprint density at radius 1 is 1.12 bits per heavy atom. The van der Waals surface area contributed by atoms with E-state index in [-0.39, 0.29) is 11.6 Å². The number of hydrogen-bond donors (Lipinski definition) is 2. The normalized spacial score (nSPS) is 11.0. The number of amides is 1. The molecule has 2 N–H and O–H groups in total. The molecule has 1 aromatic heterocycles. The molecular weight excluding hydrogens is 326 g/mol. The van der Waals surface area contributed by atoms with Gasteiger partial charge in [0.25, 0.3) is 0 Å². The molecule has 0 aliphatic heterocycles. The maximum absolute atomic E-state index is 12.0. The minimum absolute atomic E-state index is 0.0294. The van der Waals surface area contributed by atoms with Gasteiger partial charge < -0.3 is 10.3 Å². The van der Waals surface area contributed by atoms with Gasteiger partial charge in [0.1, 0.15) is 0 Å². The van der Waals surface area contributed by atoms with Crippen molar-refractivity contribution in [2.45, 2.75) is 39.7 Å². The Labute approximate surface area is 153 Å². The van der Waals surface area contributed by atoms with Gasteiger partial charge in [-0.15, -0.1) is 0 Å². The largest absolute Gasteiger partial charge is 0.354 e. The van der Waals surface area contributed by atoms with Crippen LogP contribution in [-0.4, -0.2) is 22.0 Å². The van der Waals surface area contributed by atoms with E-state index in [2.05, 4.69) is 42.3 Å². The van der Waals surface area contributed by atoms with Crippen LogP contribution in [-0.2, 0) is 17.8 Å². The Morgan fingerprint density at radius 3 is 2.73 bits per heavy atom. The molecule has 26 heavy (non-hydrogen) atoms. The number of aromatic amines is 1. The lowest BCUT2D eigenvalue weighted by atomic mass is 10.0. The Morgan fingerprint density at radius 2 is 1.92 bits per heavy atom. The van der Waals surface area contributed by atoms with E-state index in [9.17, 15) is 9.59 Å². The van der Waals surface area contributed by atoms with Crippen LogP contribution in [0.25, 0.3) is 11.0 Å². The maximum Gasteiger partial charge on any atom is 0.326 e. The van der Waals surface area contributed by atoms with Crippen molar-refractivity contribution in [3.8, 4) is 0 Å². The summed E-state index contributed by atoms with van der Waals surface area (Å²) in [7, 11) is 0. The van der Waals surface area contributed by atoms with Gasteiger partial charge in [0.15, 0.2) is 0 Å². The minimum atomic E-state index is -0.143. The summed E-state index contributed by atoms with van der Waals surface area (Å²) >= 11 is 0. The molecule has 0 aliphatic carbocycles. The van der Waals surface area contributed by atoms with Crippen LogP contribution in [0, 0.1) is 13.8 Å². The van der Waals surface area contributed by atoms with Gasteiger partial charge >= 0.3 is 5.69 Å². The number of nitrogens with zero attached hydrogens (tertiary/aromatic N) is 1. The van der Waals surface area contributed by atoms with Crippen LogP contribution in [0.4, 0.5) is 0 Å². The first-order chi connectivity index (χ1) is 12.5. The van der Waals surface area contributed by atoms with Crippen molar-refractivity contribution < 1.29 is 4.79 Å². The first-order valence-electron chi connectivity index (χ1n) is 9.05. The van der Waals surface area contributed by atoms with E-state index in [0.29, 0.717) is 19.5 Å². The Hall–Kier alpha value is -2.82. The van der Waals surface area contributed by atoms with Crippen molar-refractivity contribution in [2.75, 3.05) is 6.54 Å². The number of H-pyrrole nitrogens is 1. The highest BCUT2D eigenvalue weighted by atomic mass is 16.2. The molecule has 0 spiro atoms. The topological polar surface area (TPSA) is 66.9 Å². The van der Waals surface area contributed by atoms with Gasteiger partial charge in [0.2, 0.25) is 5.91 Å². The zero-order chi connectivity index (χ0) is 18.5. The smallest absolute Gasteiger partial charge is 0.326 e. The van der Waals surface area contributed by atoms with Crippen LogP contribution in [0.15, 0.2) is 47.3 Å². The summed E-state index contributed by atoms with van der Waals surface area (Å²) < 4.78 is 1.66. The molecule has 0 saturated carbocycles. The number of aromatic nitrogens is 2. The maximum atomic E-state index is 12.0. The molecule has 5 heteroatoms. The van der Waals surface area contributed by atoms with Gasteiger partial charge in [-0.1, -0.05) is 30.3 Å². The summed E-state index contributed by atoms with van der Waals surface area (Å²) in [5.74, 6) is 0.0294. The fourth-order valence-corrected chi connectivity index (χ4v) is 3.14. The van der Waals surface area contributed by atoms with Crippen LogP contribution < -0.4 is 11.0 Å². The SMILES string of the molecule is Cc1ccc(CCCC(=O)NCCn2c(=O)[nH]c3ccccc32)cc1C. The van der Waals surface area contributed by atoms with Crippen LogP contribution in [0.5, 0.6) is 0 Å². The van der Waals surface area contributed by atoms with Gasteiger partial charge in [0.05, 0.1) is 11.0 Å². The van der Waals surface area contributed by atoms with E-state index in [1.165, 1.54) is 16.7 Å². The molecule has 3 rings (SSSR count). The van der Waals surface area contributed by atoms with Crippen LogP contribution in [0.1, 0.15) is 29.5 Å². The van der Waals surface area contributed by atoms with Gasteiger partial charge in [-0.3, -0.25) is 9.36 Å². The number of para-hydroxylation sites is 2. The summed E-state index contributed by atoms with van der Waals surface area (Å²) in [6, 6.07) is 14.0. The van der Waals surface area contributed by atoms with Crippen molar-refractivity contribution in [1.82, 2.24) is 14.9 Å². The summed E-state index contributed by atoms with van der Waals surface area (Å²) in [6.07, 6.45) is 2.22. The number of hydrogen-bond acceptors (Lipinski definition) is 2. The zero-order valence-corrected chi connectivity index (χ0v) is 15.3. The monoisotopic (exact) mass is 351 g/mol. The molecule has 0 aliphatic rings. The Bertz CT molecular complexity index is 969. The van der Waals surface area contributed by atoms with Crippen molar-refractivity contribution in [3.63, 3.8) is 0 Å². The first-order valence-corrected chi connectivity index (χ1v) is 9.05. The van der Waals surface area contributed by atoms with Gasteiger partial charge in [-0.05, 0) is 55.5 Å². The zero-order valence-electron chi connectivity index (χ0n) is 15.3. The van der Waals surface area contributed by atoms with Crippen molar-refractivity contribution >= 4 is 16.9 Å². The van der Waals surface area contributed by atoms with Gasteiger partial charge in [0, 0.05) is 19.5 Å². The lowest BCUT2D eigenvalue weighted by molar-refractivity contribution is -0.121. The molecule has 3 aromatic rings. The first kappa shape index (κ1) is 18.0. The van der Waals surface area contributed by atoms with Crippen LogP contribution in [0.2, 0.25) is 0 Å². The third-order valence-corrected chi connectivity index (χ3v) is 4.78. The number of aryl methyl sites for hydroxylation is 3. The second kappa shape index (κ2) is 8.04. The van der Waals surface area contributed by atoms with E-state index in [4.69, 9.17) is 0 Å². The van der Waals surface area contributed by atoms with Crippen LogP contribution >= 0.6 is 0 Å². The molecule has 1 heterocycles. The van der Waals surface area contributed by atoms with Crippen LogP contribution in [0.3, 0.4) is 0 Å². The number of fused-ring (bicyclic) bond motifs is 1. The fraction of sp³-hybridized carbons (Fsp3) is 0.333. The molecule has 0 saturated heterocycles. The Kier molecular flexibility index (Phi) is 5.56. The van der Waals surface area contributed by atoms with Gasteiger partial charge in [-0.2, -0.15) is 0 Å². The third kappa shape index (κ3) is 4.23. The predicted octanol–water partition coefficient (Wildman–Crippen LogP) is 3.09. The van der Waals surface area contributed by atoms with E-state index in [1.54, 1.807) is 4.57 Å². The molecule has 0 fully saturated rings. The molecule has 1 amide bonds. The highest BCUT2D eigenvalue weighted by molar-refractivity contribution is 5.76. The highest BCUT2D eigenvalue weighted by Crippen LogP contribution is 2.12. The number of nitrogens with one attached hydrogen (secondary N) is 2. The van der Waals surface area contributed by atoms with E-state index in [0.717, 1.165) is 23.9 Å². The molecule has 0 bridgehead atoms. The minimum Gasteiger partial charge on any atom is -0.354 e. The van der Waals surface area contributed by atoms with Crippen molar-refractivity contribution in [2.24, 2.45) is 0 Å². The lowest BCUT2D eigenvalue weighted by Crippen LogP contribution is -2.29. The molecule has 0 atom stereocenters. The number of carbonyl (C=O) groups is 1. The molecule has 2 aromatic carbocycles. The number of carbonyl (C=O) groups excluding carboxylic acids is 1. The third-order valence-electron chi connectivity index (χ3n) is 4.78. The Balaban J connectivity index is 1.44. The number of imidazole rings is 1. The average Bonchev–Trinajstić information content (AvgIpc) is 2.94. The number of benzene rings is 2. The average molecular weight is 351 g/mol.